The molecule has 104 valence electrons. The third-order valence-electron chi connectivity index (χ3n) is 2.91. The third kappa shape index (κ3) is 9.41. The van der Waals surface area contributed by atoms with Gasteiger partial charge in [0.1, 0.15) is 6.61 Å². The molecule has 0 radical (unpaired) electrons. The van der Waals surface area contributed by atoms with E-state index in [0.717, 1.165) is 13.0 Å². The molecular formula is C12H24F3NO. The summed E-state index contributed by atoms with van der Waals surface area (Å²) >= 11 is 0. The molecule has 2 nitrogen and oxygen atoms in total. The van der Waals surface area contributed by atoms with Crippen LogP contribution < -0.4 is 5.32 Å². The Hall–Kier alpha value is -0.290. The highest BCUT2D eigenvalue weighted by molar-refractivity contribution is 4.76. The number of ether oxygens (including phenoxy) is 1. The summed E-state index contributed by atoms with van der Waals surface area (Å²) in [6, 6.07) is 0.386. The summed E-state index contributed by atoms with van der Waals surface area (Å²) in [7, 11) is 0. The van der Waals surface area contributed by atoms with Crippen LogP contribution in [0.25, 0.3) is 0 Å². The second-order valence-corrected chi connectivity index (χ2v) is 5.12. The van der Waals surface area contributed by atoms with E-state index in [9.17, 15) is 13.2 Å². The van der Waals surface area contributed by atoms with Crippen molar-refractivity contribution >= 4 is 0 Å². The Labute approximate surface area is 102 Å². The van der Waals surface area contributed by atoms with Gasteiger partial charge in [-0.15, -0.1) is 0 Å². The van der Waals surface area contributed by atoms with Crippen molar-refractivity contribution in [3.05, 3.63) is 0 Å². The van der Waals surface area contributed by atoms with Crippen LogP contribution in [0, 0.1) is 5.41 Å². The van der Waals surface area contributed by atoms with E-state index in [1.54, 1.807) is 0 Å². The maximum atomic E-state index is 11.9. The Morgan fingerprint density at radius 3 is 2.24 bits per heavy atom. The number of nitrogens with one attached hydrogen (secondary N) is 1. The standard InChI is InChI=1S/C12H24F3NO/c1-5-11(4,8-16-10(2)3)6-7-17-9-12(13,14)15/h10,16H,5-9H2,1-4H3. The van der Waals surface area contributed by atoms with Crippen LogP contribution in [0.1, 0.15) is 40.5 Å². The largest absolute Gasteiger partial charge is 0.411 e. The van der Waals surface area contributed by atoms with Crippen molar-refractivity contribution in [1.82, 2.24) is 5.32 Å². The van der Waals surface area contributed by atoms with E-state index in [2.05, 4.69) is 30.8 Å². The lowest BCUT2D eigenvalue weighted by atomic mass is 9.84. The molecule has 1 N–H and O–H groups in total. The van der Waals surface area contributed by atoms with Gasteiger partial charge >= 0.3 is 6.18 Å². The van der Waals surface area contributed by atoms with E-state index in [4.69, 9.17) is 0 Å². The lowest BCUT2D eigenvalue weighted by Crippen LogP contribution is -2.36. The minimum absolute atomic E-state index is 0.00410. The molecule has 0 fully saturated rings. The molecule has 0 spiro atoms. The molecule has 0 bridgehead atoms. The van der Waals surface area contributed by atoms with E-state index in [0.29, 0.717) is 12.5 Å². The summed E-state index contributed by atoms with van der Waals surface area (Å²) < 4.78 is 40.3. The highest BCUT2D eigenvalue weighted by Crippen LogP contribution is 2.25. The normalized spacial score (nSPS) is 16.2. The number of alkyl halides is 3. The van der Waals surface area contributed by atoms with Crippen LogP contribution in [0.5, 0.6) is 0 Å². The second-order valence-electron chi connectivity index (χ2n) is 5.12. The van der Waals surface area contributed by atoms with Crippen LogP contribution in [0.3, 0.4) is 0 Å². The van der Waals surface area contributed by atoms with Gasteiger partial charge in [-0.1, -0.05) is 27.7 Å². The first kappa shape index (κ1) is 16.7. The quantitative estimate of drug-likeness (QED) is 0.671. The molecule has 0 aliphatic heterocycles. The Morgan fingerprint density at radius 1 is 1.24 bits per heavy atom. The maximum Gasteiger partial charge on any atom is 0.411 e. The Bertz CT molecular complexity index is 206. The number of hydrogen-bond donors (Lipinski definition) is 1. The van der Waals surface area contributed by atoms with Crippen molar-refractivity contribution in [3.8, 4) is 0 Å². The van der Waals surface area contributed by atoms with Gasteiger partial charge in [-0.3, -0.25) is 0 Å². The van der Waals surface area contributed by atoms with E-state index < -0.39 is 12.8 Å². The summed E-state index contributed by atoms with van der Waals surface area (Å²) in [5.41, 5.74) is -0.00410. The molecule has 0 aromatic heterocycles. The number of rotatable bonds is 8. The molecule has 0 aliphatic carbocycles. The van der Waals surface area contributed by atoms with Crippen LogP contribution in [0.15, 0.2) is 0 Å². The summed E-state index contributed by atoms with van der Waals surface area (Å²) in [5.74, 6) is 0. The SMILES string of the molecule is CCC(C)(CCOCC(F)(F)F)CNC(C)C. The fourth-order valence-electron chi connectivity index (χ4n) is 1.35. The Kier molecular flexibility index (Phi) is 7.09. The summed E-state index contributed by atoms with van der Waals surface area (Å²) in [5, 5.41) is 3.32. The molecular weight excluding hydrogens is 231 g/mol. The van der Waals surface area contributed by atoms with Gasteiger partial charge in [-0.05, 0) is 18.3 Å². The maximum absolute atomic E-state index is 11.9. The van der Waals surface area contributed by atoms with Gasteiger partial charge < -0.3 is 10.1 Å². The van der Waals surface area contributed by atoms with Gasteiger partial charge in [0, 0.05) is 19.2 Å². The topological polar surface area (TPSA) is 21.3 Å². The molecule has 0 aromatic rings. The van der Waals surface area contributed by atoms with E-state index in [-0.39, 0.29) is 12.0 Å². The predicted octanol–water partition coefficient (Wildman–Crippen LogP) is 3.37. The zero-order chi connectivity index (χ0) is 13.5. The third-order valence-corrected chi connectivity index (χ3v) is 2.91. The van der Waals surface area contributed by atoms with Gasteiger partial charge in [0.2, 0.25) is 0 Å². The lowest BCUT2D eigenvalue weighted by Gasteiger charge is -2.29. The molecule has 1 unspecified atom stereocenters. The zero-order valence-electron chi connectivity index (χ0n) is 11.2. The molecule has 17 heavy (non-hydrogen) atoms. The Balaban J connectivity index is 3.87. The van der Waals surface area contributed by atoms with Crippen molar-refractivity contribution < 1.29 is 17.9 Å². The van der Waals surface area contributed by atoms with Crippen LogP contribution in [-0.2, 0) is 4.74 Å². The van der Waals surface area contributed by atoms with E-state index >= 15 is 0 Å². The second kappa shape index (κ2) is 7.21. The monoisotopic (exact) mass is 255 g/mol. The first-order valence-corrected chi connectivity index (χ1v) is 6.06. The Morgan fingerprint density at radius 2 is 1.82 bits per heavy atom. The average molecular weight is 255 g/mol. The van der Waals surface area contributed by atoms with Crippen LogP contribution in [0.2, 0.25) is 0 Å². The molecule has 0 aliphatic rings. The first-order valence-electron chi connectivity index (χ1n) is 6.06. The highest BCUT2D eigenvalue weighted by Gasteiger charge is 2.28. The number of hydrogen-bond acceptors (Lipinski definition) is 2. The summed E-state index contributed by atoms with van der Waals surface area (Å²) in [6.45, 7) is 8.03. The van der Waals surface area contributed by atoms with Gasteiger partial charge in [-0.2, -0.15) is 13.2 Å². The molecule has 1 atom stereocenters. The minimum atomic E-state index is -4.22. The van der Waals surface area contributed by atoms with Crippen molar-refractivity contribution in [2.24, 2.45) is 5.41 Å². The lowest BCUT2D eigenvalue weighted by molar-refractivity contribution is -0.175. The van der Waals surface area contributed by atoms with Crippen LogP contribution in [0.4, 0.5) is 13.2 Å². The minimum Gasteiger partial charge on any atom is -0.372 e. The van der Waals surface area contributed by atoms with Crippen LogP contribution >= 0.6 is 0 Å². The van der Waals surface area contributed by atoms with E-state index in [1.807, 2.05) is 6.92 Å². The van der Waals surface area contributed by atoms with Crippen molar-refractivity contribution in [1.29, 1.82) is 0 Å². The molecule has 0 saturated heterocycles. The zero-order valence-corrected chi connectivity index (χ0v) is 11.2. The molecule has 0 amide bonds. The van der Waals surface area contributed by atoms with Crippen molar-refractivity contribution in [2.75, 3.05) is 19.8 Å². The molecule has 0 saturated carbocycles. The van der Waals surface area contributed by atoms with E-state index in [1.165, 1.54) is 0 Å². The fraction of sp³-hybridized carbons (Fsp3) is 1.00. The predicted molar refractivity (Wildman–Crippen MR) is 63.0 cm³/mol. The summed E-state index contributed by atoms with van der Waals surface area (Å²) in [6.07, 6.45) is -2.67. The fourth-order valence-corrected chi connectivity index (χ4v) is 1.35. The van der Waals surface area contributed by atoms with Gasteiger partial charge in [-0.25, -0.2) is 0 Å². The average Bonchev–Trinajstić information content (AvgIpc) is 2.20. The van der Waals surface area contributed by atoms with Crippen molar-refractivity contribution in [3.63, 3.8) is 0 Å². The molecule has 0 aromatic carbocycles. The van der Waals surface area contributed by atoms with Crippen LogP contribution in [-0.4, -0.2) is 32.0 Å². The first-order chi connectivity index (χ1) is 7.68. The molecule has 0 heterocycles. The number of halogens is 3. The van der Waals surface area contributed by atoms with Gasteiger partial charge in [0.05, 0.1) is 0 Å². The smallest absolute Gasteiger partial charge is 0.372 e. The molecule has 0 rings (SSSR count). The van der Waals surface area contributed by atoms with Crippen molar-refractivity contribution in [2.45, 2.75) is 52.8 Å². The highest BCUT2D eigenvalue weighted by atomic mass is 19.4. The molecule has 5 heteroatoms. The van der Waals surface area contributed by atoms with Gasteiger partial charge in [0.25, 0.3) is 0 Å². The van der Waals surface area contributed by atoms with Gasteiger partial charge in [0.15, 0.2) is 0 Å². The summed E-state index contributed by atoms with van der Waals surface area (Å²) in [4.78, 5) is 0.